The standard InChI is InChI=1S/C15H19N5/c1-19-12-2-3-13(19)9-14(8-12)20-10-15(17-18-20)11-4-6-16-7-5-11/h4-7,10,12-14H,2-3,8-9H2,1H3/t12-,13+,14?. The van der Waals surface area contributed by atoms with Gasteiger partial charge < -0.3 is 4.90 Å². The molecule has 0 spiro atoms. The van der Waals surface area contributed by atoms with E-state index < -0.39 is 0 Å². The van der Waals surface area contributed by atoms with Crippen molar-refractivity contribution in [2.45, 2.75) is 43.8 Å². The van der Waals surface area contributed by atoms with E-state index in [-0.39, 0.29) is 0 Å². The normalized spacial score (nSPS) is 29.8. The summed E-state index contributed by atoms with van der Waals surface area (Å²) in [5.41, 5.74) is 2.03. The van der Waals surface area contributed by atoms with Gasteiger partial charge in [-0.25, -0.2) is 4.68 Å². The van der Waals surface area contributed by atoms with Gasteiger partial charge in [0.15, 0.2) is 0 Å². The van der Waals surface area contributed by atoms with E-state index in [9.17, 15) is 0 Å². The Labute approximate surface area is 118 Å². The van der Waals surface area contributed by atoms with E-state index in [2.05, 4.69) is 38.1 Å². The molecule has 0 aliphatic carbocycles. The van der Waals surface area contributed by atoms with E-state index in [0.29, 0.717) is 6.04 Å². The van der Waals surface area contributed by atoms with Crippen molar-refractivity contribution in [1.29, 1.82) is 0 Å². The smallest absolute Gasteiger partial charge is 0.113 e. The largest absolute Gasteiger partial charge is 0.300 e. The van der Waals surface area contributed by atoms with Crippen molar-refractivity contribution >= 4 is 0 Å². The van der Waals surface area contributed by atoms with Crippen LogP contribution in [0.1, 0.15) is 31.7 Å². The molecule has 2 saturated heterocycles. The lowest BCUT2D eigenvalue weighted by atomic mass is 9.98. The Bertz CT molecular complexity index is 579. The molecule has 2 aliphatic heterocycles. The first-order valence-corrected chi connectivity index (χ1v) is 7.35. The van der Waals surface area contributed by atoms with E-state index in [1.54, 1.807) is 12.4 Å². The molecule has 2 fully saturated rings. The van der Waals surface area contributed by atoms with Crippen LogP contribution in [0.5, 0.6) is 0 Å². The third kappa shape index (κ3) is 1.93. The van der Waals surface area contributed by atoms with Gasteiger partial charge in [-0.2, -0.15) is 0 Å². The zero-order chi connectivity index (χ0) is 13.5. The zero-order valence-electron chi connectivity index (χ0n) is 11.7. The molecule has 4 heterocycles. The highest BCUT2D eigenvalue weighted by Gasteiger charge is 2.39. The second-order valence-corrected chi connectivity index (χ2v) is 6.00. The van der Waals surface area contributed by atoms with Crippen LogP contribution in [-0.2, 0) is 0 Å². The molecule has 5 nitrogen and oxygen atoms in total. The molecule has 2 aromatic rings. The maximum atomic E-state index is 4.37. The average molecular weight is 269 g/mol. The monoisotopic (exact) mass is 269 g/mol. The molecule has 4 rings (SSSR count). The maximum Gasteiger partial charge on any atom is 0.113 e. The van der Waals surface area contributed by atoms with Gasteiger partial charge >= 0.3 is 0 Å². The molecular formula is C15H19N5. The van der Waals surface area contributed by atoms with Crippen LogP contribution in [-0.4, -0.2) is 44.0 Å². The molecule has 0 amide bonds. The Hall–Kier alpha value is -1.75. The highest BCUT2D eigenvalue weighted by Crippen LogP contribution is 2.39. The van der Waals surface area contributed by atoms with Crippen molar-refractivity contribution in [1.82, 2.24) is 24.9 Å². The van der Waals surface area contributed by atoms with Gasteiger partial charge in [-0.3, -0.25) is 4.98 Å². The number of aromatic nitrogens is 4. The quantitative estimate of drug-likeness (QED) is 0.838. The summed E-state index contributed by atoms with van der Waals surface area (Å²) < 4.78 is 2.08. The Morgan fingerprint density at radius 2 is 1.75 bits per heavy atom. The second-order valence-electron chi connectivity index (χ2n) is 6.00. The fraction of sp³-hybridized carbons (Fsp3) is 0.533. The van der Waals surface area contributed by atoms with Crippen molar-refractivity contribution in [2.75, 3.05) is 7.05 Å². The van der Waals surface area contributed by atoms with Gasteiger partial charge in [0.1, 0.15) is 5.69 Å². The van der Waals surface area contributed by atoms with Gasteiger partial charge in [-0.1, -0.05) is 5.21 Å². The van der Waals surface area contributed by atoms with Crippen molar-refractivity contribution in [2.24, 2.45) is 0 Å². The summed E-state index contributed by atoms with van der Waals surface area (Å²) in [6.07, 6.45) is 10.8. The number of piperidine rings is 1. The first kappa shape index (κ1) is 12.0. The van der Waals surface area contributed by atoms with Gasteiger partial charge in [0.05, 0.1) is 12.2 Å². The first-order valence-electron chi connectivity index (χ1n) is 7.35. The predicted molar refractivity (Wildman–Crippen MR) is 76.1 cm³/mol. The summed E-state index contributed by atoms with van der Waals surface area (Å²) in [7, 11) is 2.27. The fourth-order valence-corrected chi connectivity index (χ4v) is 3.71. The van der Waals surface area contributed by atoms with Crippen LogP contribution in [0.2, 0.25) is 0 Å². The van der Waals surface area contributed by atoms with Crippen LogP contribution in [0.25, 0.3) is 11.3 Å². The van der Waals surface area contributed by atoms with Crippen LogP contribution >= 0.6 is 0 Å². The number of rotatable bonds is 2. The summed E-state index contributed by atoms with van der Waals surface area (Å²) in [6, 6.07) is 5.92. The third-order valence-electron chi connectivity index (χ3n) is 4.93. The summed E-state index contributed by atoms with van der Waals surface area (Å²) in [6.45, 7) is 0. The summed E-state index contributed by atoms with van der Waals surface area (Å²) in [5, 5.41) is 8.69. The summed E-state index contributed by atoms with van der Waals surface area (Å²) in [4.78, 5) is 6.60. The fourth-order valence-electron chi connectivity index (χ4n) is 3.71. The number of pyridine rings is 1. The van der Waals surface area contributed by atoms with E-state index in [4.69, 9.17) is 0 Å². The molecule has 0 N–H and O–H groups in total. The van der Waals surface area contributed by atoms with E-state index >= 15 is 0 Å². The van der Waals surface area contributed by atoms with Crippen LogP contribution in [0.4, 0.5) is 0 Å². The minimum absolute atomic E-state index is 0.506. The lowest BCUT2D eigenvalue weighted by Crippen LogP contribution is -2.40. The molecule has 0 radical (unpaired) electrons. The molecular weight excluding hydrogens is 250 g/mol. The molecule has 0 saturated carbocycles. The SMILES string of the molecule is CN1[C@@H]2CC[C@H]1CC(n1cc(-c3ccncc3)nn1)C2. The van der Waals surface area contributed by atoms with E-state index in [1.807, 2.05) is 12.1 Å². The van der Waals surface area contributed by atoms with Crippen molar-refractivity contribution in [3.05, 3.63) is 30.7 Å². The van der Waals surface area contributed by atoms with Gasteiger partial charge in [-0.05, 0) is 44.9 Å². The topological polar surface area (TPSA) is 46.8 Å². The maximum absolute atomic E-state index is 4.37. The van der Waals surface area contributed by atoms with E-state index in [1.165, 1.54) is 25.7 Å². The van der Waals surface area contributed by atoms with Gasteiger partial charge in [0.25, 0.3) is 0 Å². The van der Waals surface area contributed by atoms with E-state index in [0.717, 1.165) is 23.3 Å². The Balaban J connectivity index is 1.57. The molecule has 0 aromatic carbocycles. The Morgan fingerprint density at radius 3 is 2.45 bits per heavy atom. The van der Waals surface area contributed by atoms with Gasteiger partial charge in [0.2, 0.25) is 0 Å². The Morgan fingerprint density at radius 1 is 1.05 bits per heavy atom. The lowest BCUT2D eigenvalue weighted by molar-refractivity contribution is 0.130. The second kappa shape index (κ2) is 4.66. The highest BCUT2D eigenvalue weighted by molar-refractivity contribution is 5.56. The van der Waals surface area contributed by atoms with Crippen LogP contribution < -0.4 is 0 Å². The predicted octanol–water partition coefficient (Wildman–Crippen LogP) is 2.14. The molecule has 3 atom stereocenters. The van der Waals surface area contributed by atoms with Gasteiger partial charge in [-0.15, -0.1) is 5.10 Å². The Kier molecular flexibility index (Phi) is 2.80. The molecule has 20 heavy (non-hydrogen) atoms. The molecule has 2 bridgehead atoms. The van der Waals surface area contributed by atoms with Gasteiger partial charge in [0, 0.05) is 30.0 Å². The minimum atomic E-state index is 0.506. The number of nitrogens with zero attached hydrogens (tertiary/aromatic N) is 5. The number of hydrogen-bond acceptors (Lipinski definition) is 4. The van der Waals surface area contributed by atoms with Crippen molar-refractivity contribution in [3.63, 3.8) is 0 Å². The van der Waals surface area contributed by atoms with Crippen molar-refractivity contribution in [3.8, 4) is 11.3 Å². The number of fused-ring (bicyclic) bond motifs is 2. The lowest BCUT2D eigenvalue weighted by Gasteiger charge is -2.36. The highest BCUT2D eigenvalue weighted by atomic mass is 15.4. The first-order chi connectivity index (χ1) is 9.81. The molecule has 2 aromatic heterocycles. The minimum Gasteiger partial charge on any atom is -0.300 e. The van der Waals surface area contributed by atoms with Crippen LogP contribution in [0.3, 0.4) is 0 Å². The number of hydrogen-bond donors (Lipinski definition) is 0. The van der Waals surface area contributed by atoms with Crippen LogP contribution in [0.15, 0.2) is 30.7 Å². The molecule has 2 aliphatic rings. The third-order valence-corrected chi connectivity index (χ3v) is 4.93. The molecule has 104 valence electrons. The van der Waals surface area contributed by atoms with Crippen LogP contribution in [0, 0.1) is 0 Å². The summed E-state index contributed by atoms with van der Waals surface area (Å²) in [5.74, 6) is 0. The summed E-state index contributed by atoms with van der Waals surface area (Å²) >= 11 is 0. The molecule has 5 heteroatoms. The molecule has 1 unspecified atom stereocenters. The van der Waals surface area contributed by atoms with Crippen molar-refractivity contribution < 1.29 is 0 Å². The average Bonchev–Trinajstić information content (AvgIpc) is 3.03. The zero-order valence-corrected chi connectivity index (χ0v) is 11.7.